The summed E-state index contributed by atoms with van der Waals surface area (Å²) in [5.74, 6) is -3.72. The molecule has 4 rings (SSSR count). The summed E-state index contributed by atoms with van der Waals surface area (Å²) in [5.41, 5.74) is -1.01. The van der Waals surface area contributed by atoms with E-state index in [9.17, 15) is 45.3 Å². The highest BCUT2D eigenvalue weighted by molar-refractivity contribution is 5.88. The molecule has 0 spiro atoms. The van der Waals surface area contributed by atoms with E-state index in [0.717, 1.165) is 12.1 Å². The standard InChI is InChI=1S/C21H18O12/c22-8-3-1-7(2-4-8)17-18(13(25)12-10(24)5-9(23)6-11(12)31-17)32-21-16(28)14(26)15(27)19(33-21)20(29)30/h1-6,14-16,19,21-24,26-28H,(H,29,30)/t14-,15+,16-,19-,21+/m0/s1. The number of hydrogen-bond donors (Lipinski definition) is 7. The molecule has 0 saturated carbocycles. The van der Waals surface area contributed by atoms with E-state index >= 15 is 0 Å². The zero-order chi connectivity index (χ0) is 24.0. The van der Waals surface area contributed by atoms with Gasteiger partial charge in [0.25, 0.3) is 0 Å². The summed E-state index contributed by atoms with van der Waals surface area (Å²) in [7, 11) is 0. The Labute approximate surface area is 183 Å². The lowest BCUT2D eigenvalue weighted by Crippen LogP contribution is -2.61. The lowest BCUT2D eigenvalue weighted by Gasteiger charge is -2.38. The molecule has 12 heteroatoms. The van der Waals surface area contributed by atoms with Gasteiger partial charge in [-0.25, -0.2) is 4.79 Å². The molecule has 33 heavy (non-hydrogen) atoms. The van der Waals surface area contributed by atoms with Crippen LogP contribution in [0.25, 0.3) is 22.3 Å². The second-order valence-corrected chi connectivity index (χ2v) is 7.33. The molecular formula is C21H18O12. The zero-order valence-electron chi connectivity index (χ0n) is 16.5. The van der Waals surface area contributed by atoms with Gasteiger partial charge in [-0.3, -0.25) is 4.79 Å². The van der Waals surface area contributed by atoms with Gasteiger partial charge in [0, 0.05) is 17.7 Å². The van der Waals surface area contributed by atoms with E-state index in [1.54, 1.807) is 0 Å². The molecule has 0 unspecified atom stereocenters. The van der Waals surface area contributed by atoms with Gasteiger partial charge in [-0.2, -0.15) is 0 Å². The number of benzene rings is 2. The van der Waals surface area contributed by atoms with Crippen molar-refractivity contribution in [2.45, 2.75) is 30.7 Å². The molecule has 174 valence electrons. The zero-order valence-corrected chi connectivity index (χ0v) is 16.5. The van der Waals surface area contributed by atoms with Crippen molar-refractivity contribution in [3.8, 4) is 34.3 Å². The molecule has 7 N–H and O–H groups in total. The quantitative estimate of drug-likeness (QED) is 0.270. The molecule has 2 aromatic carbocycles. The fourth-order valence-electron chi connectivity index (χ4n) is 3.44. The van der Waals surface area contributed by atoms with E-state index in [2.05, 4.69) is 0 Å². The second-order valence-electron chi connectivity index (χ2n) is 7.33. The minimum atomic E-state index is -1.99. The molecule has 2 heterocycles. The minimum Gasteiger partial charge on any atom is -0.508 e. The summed E-state index contributed by atoms with van der Waals surface area (Å²) < 4.78 is 16.2. The van der Waals surface area contributed by atoms with E-state index in [1.165, 1.54) is 24.3 Å². The number of hydrogen-bond acceptors (Lipinski definition) is 11. The van der Waals surface area contributed by atoms with E-state index < -0.39 is 64.7 Å². The summed E-state index contributed by atoms with van der Waals surface area (Å²) >= 11 is 0. The third kappa shape index (κ3) is 3.91. The van der Waals surface area contributed by atoms with Crippen LogP contribution in [0.4, 0.5) is 0 Å². The van der Waals surface area contributed by atoms with E-state index in [1.807, 2.05) is 0 Å². The maximum Gasteiger partial charge on any atom is 0.335 e. The van der Waals surface area contributed by atoms with Crippen molar-refractivity contribution < 1.29 is 54.4 Å². The third-order valence-electron chi connectivity index (χ3n) is 5.09. The van der Waals surface area contributed by atoms with Gasteiger partial charge in [0.15, 0.2) is 11.9 Å². The van der Waals surface area contributed by atoms with Gasteiger partial charge in [-0.1, -0.05) is 0 Å². The van der Waals surface area contributed by atoms with E-state index in [0.29, 0.717) is 0 Å². The first-order valence-electron chi connectivity index (χ1n) is 9.49. The molecule has 5 atom stereocenters. The first-order valence-corrected chi connectivity index (χ1v) is 9.49. The van der Waals surface area contributed by atoms with Gasteiger partial charge in [-0.05, 0) is 24.3 Å². The Kier molecular flexibility index (Phi) is 5.59. The van der Waals surface area contributed by atoms with Crippen LogP contribution in [-0.2, 0) is 9.53 Å². The number of phenols is 3. The Morgan fingerprint density at radius 2 is 1.58 bits per heavy atom. The van der Waals surface area contributed by atoms with Gasteiger partial charge in [0.1, 0.15) is 46.5 Å². The largest absolute Gasteiger partial charge is 0.508 e. The Balaban J connectivity index is 1.89. The summed E-state index contributed by atoms with van der Waals surface area (Å²) in [5, 5.41) is 68.4. The molecule has 1 aromatic heterocycles. The fourth-order valence-corrected chi connectivity index (χ4v) is 3.44. The highest BCUT2D eigenvalue weighted by Gasteiger charge is 2.48. The van der Waals surface area contributed by atoms with Crippen molar-refractivity contribution in [1.82, 2.24) is 0 Å². The Morgan fingerprint density at radius 3 is 2.21 bits per heavy atom. The monoisotopic (exact) mass is 462 g/mol. The number of carbonyl (C=O) groups is 1. The number of aliphatic carboxylic acids is 1. The molecular weight excluding hydrogens is 444 g/mol. The number of carboxylic acid groups (broad SMARTS) is 1. The van der Waals surface area contributed by atoms with Gasteiger partial charge >= 0.3 is 5.97 Å². The number of phenolic OH excluding ortho intramolecular Hbond substituents is 3. The van der Waals surface area contributed by atoms with E-state index in [4.69, 9.17) is 13.9 Å². The normalized spacial score (nSPS) is 25.1. The number of ether oxygens (including phenoxy) is 2. The average Bonchev–Trinajstić information content (AvgIpc) is 2.75. The average molecular weight is 462 g/mol. The predicted octanol–water partition coefficient (Wildman–Crippen LogP) is -0.152. The molecule has 0 amide bonds. The van der Waals surface area contributed by atoms with Gasteiger partial charge in [0.05, 0.1) is 0 Å². The fraction of sp³-hybridized carbons (Fsp3) is 0.238. The maximum atomic E-state index is 13.2. The SMILES string of the molecule is O=C(O)[C@H]1O[C@@H](Oc2c(-c3ccc(O)cc3)oc3cc(O)cc(O)c3c2=O)[C@@H](O)[C@@H](O)[C@H]1O. The molecule has 1 saturated heterocycles. The lowest BCUT2D eigenvalue weighted by atomic mass is 9.99. The molecule has 3 aromatic rings. The predicted molar refractivity (Wildman–Crippen MR) is 108 cm³/mol. The van der Waals surface area contributed by atoms with Crippen LogP contribution in [0.15, 0.2) is 45.6 Å². The molecule has 1 aliphatic rings. The number of carboxylic acids is 1. The van der Waals surface area contributed by atoms with Gasteiger partial charge in [-0.15, -0.1) is 0 Å². The highest BCUT2D eigenvalue weighted by atomic mass is 16.7. The van der Waals surface area contributed by atoms with Crippen molar-refractivity contribution in [1.29, 1.82) is 0 Å². The van der Waals surface area contributed by atoms with Crippen molar-refractivity contribution in [2.24, 2.45) is 0 Å². The van der Waals surface area contributed by atoms with Crippen LogP contribution in [0.1, 0.15) is 0 Å². The van der Waals surface area contributed by atoms with Crippen LogP contribution in [-0.4, -0.2) is 72.4 Å². The number of aliphatic hydroxyl groups excluding tert-OH is 3. The smallest absolute Gasteiger partial charge is 0.335 e. The van der Waals surface area contributed by atoms with Crippen molar-refractivity contribution in [3.63, 3.8) is 0 Å². The van der Waals surface area contributed by atoms with Gasteiger partial charge in [0.2, 0.25) is 17.5 Å². The molecule has 1 fully saturated rings. The van der Waals surface area contributed by atoms with Crippen LogP contribution in [0.2, 0.25) is 0 Å². The maximum absolute atomic E-state index is 13.2. The van der Waals surface area contributed by atoms with Crippen LogP contribution in [0.3, 0.4) is 0 Å². The Bertz CT molecular complexity index is 1260. The third-order valence-corrected chi connectivity index (χ3v) is 5.09. The van der Waals surface area contributed by atoms with Crippen molar-refractivity contribution >= 4 is 16.9 Å². The Hall–Kier alpha value is -3.84. The first-order chi connectivity index (χ1) is 15.6. The Morgan fingerprint density at radius 1 is 0.909 bits per heavy atom. The minimum absolute atomic E-state index is 0.105. The number of aromatic hydroxyl groups is 3. The summed E-state index contributed by atoms with van der Waals surface area (Å²) in [4.78, 5) is 24.6. The highest BCUT2D eigenvalue weighted by Crippen LogP contribution is 2.37. The van der Waals surface area contributed by atoms with Crippen LogP contribution >= 0.6 is 0 Å². The first kappa shape index (κ1) is 22.4. The second kappa shape index (κ2) is 8.26. The molecule has 0 bridgehead atoms. The number of fused-ring (bicyclic) bond motifs is 1. The van der Waals surface area contributed by atoms with Crippen LogP contribution in [0, 0.1) is 0 Å². The molecule has 1 aliphatic heterocycles. The molecule has 0 radical (unpaired) electrons. The van der Waals surface area contributed by atoms with E-state index in [-0.39, 0.29) is 22.7 Å². The number of rotatable bonds is 4. The number of aliphatic hydroxyl groups is 3. The topological polar surface area (TPSA) is 207 Å². The van der Waals surface area contributed by atoms with Crippen molar-refractivity contribution in [3.05, 3.63) is 46.6 Å². The van der Waals surface area contributed by atoms with Crippen LogP contribution in [0.5, 0.6) is 23.0 Å². The van der Waals surface area contributed by atoms with Gasteiger partial charge < -0.3 is 49.6 Å². The molecule has 12 nitrogen and oxygen atoms in total. The van der Waals surface area contributed by atoms with Crippen molar-refractivity contribution in [2.75, 3.05) is 0 Å². The summed E-state index contributed by atoms with van der Waals surface area (Å²) in [6.07, 6.45) is -9.84. The van der Waals surface area contributed by atoms with Crippen LogP contribution < -0.4 is 10.2 Å². The molecule has 0 aliphatic carbocycles. The summed E-state index contributed by atoms with van der Waals surface area (Å²) in [6.45, 7) is 0. The summed E-state index contributed by atoms with van der Waals surface area (Å²) in [6, 6.07) is 7.20. The lowest BCUT2D eigenvalue weighted by molar-refractivity contribution is -0.271.